The molecule has 1 amide bonds. The monoisotopic (exact) mass is 243 g/mol. The van der Waals surface area contributed by atoms with Crippen LogP contribution in [0.3, 0.4) is 0 Å². The molecule has 0 fully saturated rings. The van der Waals surface area contributed by atoms with Crippen LogP contribution in [0.2, 0.25) is 0 Å². The van der Waals surface area contributed by atoms with Gasteiger partial charge in [-0.1, -0.05) is 6.07 Å². The number of pyridine rings is 1. The summed E-state index contributed by atoms with van der Waals surface area (Å²) < 4.78 is 21.6. The van der Waals surface area contributed by atoms with Crippen LogP contribution >= 0.6 is 0 Å². The largest absolute Gasteiger partial charge is 0.282 e. The summed E-state index contributed by atoms with van der Waals surface area (Å²) in [6.45, 7) is 1.89. The molecule has 1 aromatic heterocycles. The maximum atomic E-state index is 11.1. The van der Waals surface area contributed by atoms with Crippen molar-refractivity contribution in [1.82, 2.24) is 10.4 Å². The lowest BCUT2D eigenvalue weighted by molar-refractivity contribution is -0.118. The number of aryl methyl sites for hydroxylation is 1. The van der Waals surface area contributed by atoms with E-state index in [9.17, 15) is 13.2 Å². The molecule has 0 aliphatic heterocycles. The van der Waals surface area contributed by atoms with Crippen molar-refractivity contribution >= 4 is 21.6 Å². The molecule has 0 saturated carbocycles. The second-order valence-electron chi connectivity index (χ2n) is 3.46. The quantitative estimate of drug-likeness (QED) is 0.720. The Bertz CT molecular complexity index is 467. The summed E-state index contributed by atoms with van der Waals surface area (Å²) in [5, 5.41) is 0. The molecule has 0 bridgehead atoms. The predicted molar refractivity (Wildman–Crippen MR) is 60.5 cm³/mol. The van der Waals surface area contributed by atoms with Crippen LogP contribution in [0.4, 0.5) is 5.82 Å². The SMILES string of the molecule is Cc1ccc(NNC(=O)CS(C)(=O)=O)nc1. The van der Waals surface area contributed by atoms with E-state index in [0.717, 1.165) is 11.8 Å². The number of hydrazine groups is 1. The van der Waals surface area contributed by atoms with E-state index in [1.807, 2.05) is 13.0 Å². The summed E-state index contributed by atoms with van der Waals surface area (Å²) in [4.78, 5) is 15.1. The summed E-state index contributed by atoms with van der Waals surface area (Å²) in [5.74, 6) is -0.719. The molecule has 88 valence electrons. The molecule has 0 unspecified atom stereocenters. The Morgan fingerprint density at radius 2 is 2.12 bits per heavy atom. The van der Waals surface area contributed by atoms with Gasteiger partial charge in [0.25, 0.3) is 5.91 Å². The van der Waals surface area contributed by atoms with Crippen molar-refractivity contribution in [3.8, 4) is 0 Å². The number of hydrogen-bond donors (Lipinski definition) is 2. The highest BCUT2D eigenvalue weighted by molar-refractivity contribution is 7.91. The highest BCUT2D eigenvalue weighted by atomic mass is 32.2. The van der Waals surface area contributed by atoms with Crippen LogP contribution in [-0.4, -0.2) is 31.3 Å². The summed E-state index contributed by atoms with van der Waals surface area (Å²) >= 11 is 0. The fourth-order valence-corrected chi connectivity index (χ4v) is 1.50. The molecule has 1 rings (SSSR count). The molecule has 0 saturated heterocycles. The lowest BCUT2D eigenvalue weighted by Crippen LogP contribution is -2.34. The maximum absolute atomic E-state index is 11.1. The van der Waals surface area contributed by atoms with Gasteiger partial charge in [0, 0.05) is 12.5 Å². The fourth-order valence-electron chi connectivity index (χ4n) is 0.950. The van der Waals surface area contributed by atoms with E-state index in [-0.39, 0.29) is 0 Å². The Labute approximate surface area is 94.0 Å². The minimum atomic E-state index is -3.31. The first-order valence-corrected chi connectivity index (χ1v) is 6.58. The molecule has 6 nitrogen and oxygen atoms in total. The lowest BCUT2D eigenvalue weighted by Gasteiger charge is -2.06. The molecule has 16 heavy (non-hydrogen) atoms. The number of aromatic nitrogens is 1. The third-order valence-corrected chi connectivity index (χ3v) is 2.42. The van der Waals surface area contributed by atoms with E-state index in [1.54, 1.807) is 12.3 Å². The van der Waals surface area contributed by atoms with Crippen LogP contribution in [-0.2, 0) is 14.6 Å². The van der Waals surface area contributed by atoms with Gasteiger partial charge < -0.3 is 0 Å². The number of anilines is 1. The van der Waals surface area contributed by atoms with Gasteiger partial charge in [-0.05, 0) is 18.6 Å². The topological polar surface area (TPSA) is 88.2 Å². The minimum Gasteiger partial charge on any atom is -0.282 e. The van der Waals surface area contributed by atoms with E-state index in [1.165, 1.54) is 0 Å². The van der Waals surface area contributed by atoms with Crippen molar-refractivity contribution in [2.75, 3.05) is 17.4 Å². The first-order valence-electron chi connectivity index (χ1n) is 4.52. The summed E-state index contributed by atoms with van der Waals surface area (Å²) in [5.41, 5.74) is 5.76. The van der Waals surface area contributed by atoms with E-state index >= 15 is 0 Å². The molecule has 0 aliphatic rings. The zero-order valence-corrected chi connectivity index (χ0v) is 9.84. The van der Waals surface area contributed by atoms with Crippen LogP contribution in [0.1, 0.15) is 5.56 Å². The Balaban J connectivity index is 2.46. The van der Waals surface area contributed by atoms with Crippen molar-refractivity contribution in [3.05, 3.63) is 23.9 Å². The van der Waals surface area contributed by atoms with Gasteiger partial charge in [0.15, 0.2) is 9.84 Å². The molecule has 2 N–H and O–H groups in total. The minimum absolute atomic E-state index is 0.451. The summed E-state index contributed by atoms with van der Waals surface area (Å²) in [6, 6.07) is 3.49. The standard InChI is InChI=1S/C9H13N3O3S/c1-7-3-4-8(10-5-7)11-12-9(13)6-16(2,14)15/h3-5H,6H2,1-2H3,(H,10,11)(H,12,13). The van der Waals surface area contributed by atoms with Gasteiger partial charge in [0.05, 0.1) is 0 Å². The first kappa shape index (κ1) is 12.4. The molecule has 0 atom stereocenters. The number of carbonyl (C=O) groups is 1. The molecule has 0 spiro atoms. The van der Waals surface area contributed by atoms with E-state index in [4.69, 9.17) is 0 Å². The molecule has 1 aromatic rings. The maximum Gasteiger partial charge on any atom is 0.253 e. The molecule has 7 heteroatoms. The third kappa shape index (κ3) is 4.74. The van der Waals surface area contributed by atoms with Crippen molar-refractivity contribution < 1.29 is 13.2 Å². The van der Waals surface area contributed by atoms with E-state index in [2.05, 4.69) is 15.8 Å². The zero-order chi connectivity index (χ0) is 12.2. The van der Waals surface area contributed by atoms with Crippen LogP contribution in [0, 0.1) is 6.92 Å². The Morgan fingerprint density at radius 1 is 1.44 bits per heavy atom. The average molecular weight is 243 g/mol. The molecule has 0 radical (unpaired) electrons. The highest BCUT2D eigenvalue weighted by Crippen LogP contribution is 2.01. The molecular formula is C9H13N3O3S. The van der Waals surface area contributed by atoms with Crippen molar-refractivity contribution in [2.45, 2.75) is 6.92 Å². The molecule has 0 aliphatic carbocycles. The van der Waals surface area contributed by atoms with Crippen LogP contribution in [0.5, 0.6) is 0 Å². The number of carbonyl (C=O) groups excluding carboxylic acids is 1. The van der Waals surface area contributed by atoms with Gasteiger partial charge in [0.1, 0.15) is 11.6 Å². The average Bonchev–Trinajstić information content (AvgIpc) is 2.14. The molecular weight excluding hydrogens is 230 g/mol. The number of hydrogen-bond acceptors (Lipinski definition) is 5. The van der Waals surface area contributed by atoms with Crippen molar-refractivity contribution in [1.29, 1.82) is 0 Å². The van der Waals surface area contributed by atoms with Gasteiger partial charge in [0.2, 0.25) is 0 Å². The predicted octanol–water partition coefficient (Wildman–Crippen LogP) is -0.122. The number of nitrogens with zero attached hydrogens (tertiary/aromatic N) is 1. The van der Waals surface area contributed by atoms with E-state index in [0.29, 0.717) is 5.82 Å². The van der Waals surface area contributed by atoms with Crippen LogP contribution in [0.15, 0.2) is 18.3 Å². The number of sulfone groups is 1. The van der Waals surface area contributed by atoms with Gasteiger partial charge in [-0.15, -0.1) is 0 Å². The smallest absolute Gasteiger partial charge is 0.253 e. The number of nitrogens with one attached hydrogen (secondary N) is 2. The highest BCUT2D eigenvalue weighted by Gasteiger charge is 2.09. The second-order valence-corrected chi connectivity index (χ2v) is 5.60. The van der Waals surface area contributed by atoms with Gasteiger partial charge >= 0.3 is 0 Å². The summed E-state index contributed by atoms with van der Waals surface area (Å²) in [7, 11) is -3.31. The Morgan fingerprint density at radius 3 is 2.62 bits per heavy atom. The first-order chi connectivity index (χ1) is 7.37. The molecule has 0 aromatic carbocycles. The van der Waals surface area contributed by atoms with Gasteiger partial charge in [-0.3, -0.25) is 15.6 Å². The van der Waals surface area contributed by atoms with Crippen molar-refractivity contribution in [3.63, 3.8) is 0 Å². The second kappa shape index (κ2) is 4.93. The van der Waals surface area contributed by atoms with E-state index < -0.39 is 21.5 Å². The Hall–Kier alpha value is -1.63. The van der Waals surface area contributed by atoms with Crippen LogP contribution < -0.4 is 10.9 Å². The van der Waals surface area contributed by atoms with Gasteiger partial charge in [-0.2, -0.15) is 0 Å². The lowest BCUT2D eigenvalue weighted by atomic mass is 10.3. The fraction of sp³-hybridized carbons (Fsp3) is 0.333. The summed E-state index contributed by atoms with van der Waals surface area (Å²) in [6.07, 6.45) is 2.63. The number of amides is 1. The van der Waals surface area contributed by atoms with Gasteiger partial charge in [-0.25, -0.2) is 13.4 Å². The Kier molecular flexibility index (Phi) is 3.83. The van der Waals surface area contributed by atoms with Crippen LogP contribution in [0.25, 0.3) is 0 Å². The van der Waals surface area contributed by atoms with Crippen molar-refractivity contribution in [2.24, 2.45) is 0 Å². The zero-order valence-electron chi connectivity index (χ0n) is 9.02. The normalized spacial score (nSPS) is 10.9. The third-order valence-electron chi connectivity index (χ3n) is 1.63. The molecule has 1 heterocycles. The number of rotatable bonds is 4.